The van der Waals surface area contributed by atoms with Crippen molar-refractivity contribution < 1.29 is 0 Å². The second kappa shape index (κ2) is 4.05. The van der Waals surface area contributed by atoms with Crippen LogP contribution in [0.2, 0.25) is 0 Å². The van der Waals surface area contributed by atoms with Crippen LogP contribution in [-0.4, -0.2) is 9.97 Å². The Kier molecular flexibility index (Phi) is 2.69. The minimum absolute atomic E-state index is 0.633. The molecule has 0 bridgehead atoms. The first-order valence-corrected chi connectivity index (χ1v) is 7.16. The summed E-state index contributed by atoms with van der Waals surface area (Å²) in [6, 6.07) is 0. The van der Waals surface area contributed by atoms with Gasteiger partial charge in [-0.15, -0.1) is 11.3 Å². The van der Waals surface area contributed by atoms with E-state index in [-0.39, 0.29) is 0 Å². The van der Waals surface area contributed by atoms with Gasteiger partial charge in [0.05, 0.1) is 0 Å². The van der Waals surface area contributed by atoms with E-state index in [9.17, 15) is 0 Å². The molecule has 0 saturated carbocycles. The molecule has 84 valence electrons. The van der Waals surface area contributed by atoms with Crippen molar-refractivity contribution in [3.8, 4) is 0 Å². The van der Waals surface area contributed by atoms with Crippen molar-refractivity contribution in [2.45, 2.75) is 32.1 Å². The van der Waals surface area contributed by atoms with Gasteiger partial charge in [0.15, 0.2) is 4.77 Å². The maximum Gasteiger partial charge on any atom is 0.176 e. The molecule has 2 heterocycles. The van der Waals surface area contributed by atoms with Crippen molar-refractivity contribution in [3.05, 3.63) is 19.9 Å². The van der Waals surface area contributed by atoms with E-state index >= 15 is 0 Å². The Balaban J connectivity index is 2.38. The maximum atomic E-state index is 5.39. The molecule has 0 spiro atoms. The zero-order valence-electron chi connectivity index (χ0n) is 8.76. The van der Waals surface area contributed by atoms with Gasteiger partial charge < -0.3 is 9.97 Å². The third-order valence-corrected chi connectivity index (χ3v) is 4.82. The van der Waals surface area contributed by atoms with E-state index in [2.05, 4.69) is 9.97 Å². The fourth-order valence-electron chi connectivity index (χ4n) is 2.37. The van der Waals surface area contributed by atoms with E-state index in [0.717, 1.165) is 15.9 Å². The van der Waals surface area contributed by atoms with Crippen LogP contribution in [0.3, 0.4) is 0 Å². The highest BCUT2D eigenvalue weighted by Crippen LogP contribution is 2.34. The number of hydrogen-bond acceptors (Lipinski definition) is 3. The van der Waals surface area contributed by atoms with Gasteiger partial charge >= 0.3 is 0 Å². The van der Waals surface area contributed by atoms with Gasteiger partial charge in [-0.25, -0.2) is 0 Å². The smallest absolute Gasteiger partial charge is 0.176 e. The van der Waals surface area contributed by atoms with Crippen LogP contribution in [-0.2, 0) is 12.8 Å². The van der Waals surface area contributed by atoms with Gasteiger partial charge in [0.25, 0.3) is 0 Å². The van der Waals surface area contributed by atoms with Gasteiger partial charge in [-0.2, -0.15) is 0 Å². The van der Waals surface area contributed by atoms with E-state index in [4.69, 9.17) is 24.4 Å². The highest BCUT2D eigenvalue weighted by Gasteiger charge is 2.16. The molecule has 2 aromatic heterocycles. The van der Waals surface area contributed by atoms with E-state index < -0.39 is 0 Å². The van der Waals surface area contributed by atoms with Gasteiger partial charge in [0, 0.05) is 10.3 Å². The Hall–Kier alpha value is -0.520. The largest absolute Gasteiger partial charge is 0.324 e. The molecule has 0 amide bonds. The molecule has 5 heteroatoms. The predicted octanol–water partition coefficient (Wildman–Crippen LogP) is 4.29. The number of aromatic nitrogens is 2. The molecule has 2 nitrogen and oxygen atoms in total. The summed E-state index contributed by atoms with van der Waals surface area (Å²) >= 11 is 12.3. The third kappa shape index (κ3) is 1.67. The average molecular weight is 268 g/mol. The van der Waals surface area contributed by atoms with Crippen molar-refractivity contribution in [1.82, 2.24) is 9.97 Å². The van der Waals surface area contributed by atoms with Crippen LogP contribution in [0.5, 0.6) is 0 Å². The van der Waals surface area contributed by atoms with Gasteiger partial charge in [0.1, 0.15) is 9.47 Å². The van der Waals surface area contributed by atoms with Crippen LogP contribution in [0, 0.1) is 9.41 Å². The minimum atomic E-state index is 0.633. The monoisotopic (exact) mass is 268 g/mol. The highest BCUT2D eigenvalue weighted by atomic mass is 32.1. The van der Waals surface area contributed by atoms with Crippen LogP contribution < -0.4 is 0 Å². The molecule has 0 atom stereocenters. The Morgan fingerprint density at radius 3 is 2.69 bits per heavy atom. The Bertz CT molecular complexity index is 647. The number of fused-ring (bicyclic) bond motifs is 3. The number of aryl methyl sites for hydroxylation is 2. The average Bonchev–Trinajstić information content (AvgIpc) is 2.42. The predicted molar refractivity (Wildman–Crippen MR) is 73.5 cm³/mol. The lowest BCUT2D eigenvalue weighted by molar-refractivity contribution is 0.713. The van der Waals surface area contributed by atoms with Crippen molar-refractivity contribution in [2.75, 3.05) is 0 Å². The fraction of sp³-hybridized carbons (Fsp3) is 0.455. The Morgan fingerprint density at radius 1 is 1.00 bits per heavy atom. The number of H-pyrrole nitrogens is 2. The molecule has 2 N–H and O–H groups in total. The highest BCUT2D eigenvalue weighted by molar-refractivity contribution is 7.72. The van der Waals surface area contributed by atoms with Crippen LogP contribution in [0.25, 0.3) is 10.2 Å². The standard InChI is InChI=1S/C11H12N2S3/c14-9-8-6-4-2-1-3-5-7(6)16-10(8)13-11(15)12-9/h1-5H2,(H2,12,13,14,15). The van der Waals surface area contributed by atoms with Crippen LogP contribution in [0.4, 0.5) is 0 Å². The molecule has 3 rings (SSSR count). The van der Waals surface area contributed by atoms with Crippen molar-refractivity contribution in [1.29, 1.82) is 0 Å². The number of thiophene rings is 1. The number of nitrogens with one attached hydrogen (secondary N) is 2. The Morgan fingerprint density at radius 2 is 1.81 bits per heavy atom. The summed E-state index contributed by atoms with van der Waals surface area (Å²) in [7, 11) is 0. The second-order valence-corrected chi connectivity index (χ2v) is 6.10. The quantitative estimate of drug-likeness (QED) is 0.552. The SMILES string of the molecule is S=c1[nH]c(=S)c2c3c(sc2[nH]1)CCCCC3. The van der Waals surface area contributed by atoms with Crippen LogP contribution in [0.1, 0.15) is 29.7 Å². The van der Waals surface area contributed by atoms with Gasteiger partial charge in [-0.1, -0.05) is 18.6 Å². The molecule has 0 radical (unpaired) electrons. The van der Waals surface area contributed by atoms with E-state index in [0.29, 0.717) is 4.77 Å². The summed E-state index contributed by atoms with van der Waals surface area (Å²) in [5.74, 6) is 0. The van der Waals surface area contributed by atoms with Crippen molar-refractivity contribution in [3.63, 3.8) is 0 Å². The minimum Gasteiger partial charge on any atom is -0.324 e. The second-order valence-electron chi connectivity index (χ2n) is 4.18. The summed E-state index contributed by atoms with van der Waals surface area (Å²) in [6.07, 6.45) is 6.28. The first kappa shape index (κ1) is 10.6. The first-order chi connectivity index (χ1) is 7.75. The molecule has 0 aromatic carbocycles. The molecule has 2 aromatic rings. The molecule has 16 heavy (non-hydrogen) atoms. The van der Waals surface area contributed by atoms with Crippen LogP contribution in [0.15, 0.2) is 0 Å². The molecular weight excluding hydrogens is 256 g/mol. The summed E-state index contributed by atoms with van der Waals surface area (Å²) in [4.78, 5) is 8.93. The van der Waals surface area contributed by atoms with Crippen molar-refractivity contribution in [2.24, 2.45) is 0 Å². The molecule has 0 saturated heterocycles. The molecule has 1 aliphatic rings. The lowest BCUT2D eigenvalue weighted by Gasteiger charge is -1.98. The molecule has 1 aliphatic carbocycles. The number of aromatic amines is 2. The Labute approximate surface area is 108 Å². The first-order valence-electron chi connectivity index (χ1n) is 5.52. The van der Waals surface area contributed by atoms with Gasteiger partial charge in [-0.05, 0) is 43.5 Å². The maximum absolute atomic E-state index is 5.39. The summed E-state index contributed by atoms with van der Waals surface area (Å²) < 4.78 is 1.44. The van der Waals surface area contributed by atoms with Crippen LogP contribution >= 0.6 is 35.8 Å². The van der Waals surface area contributed by atoms with E-state index in [1.54, 1.807) is 0 Å². The summed E-state index contributed by atoms with van der Waals surface area (Å²) in [5, 5.41) is 1.21. The topological polar surface area (TPSA) is 31.6 Å². The zero-order valence-corrected chi connectivity index (χ0v) is 11.2. The van der Waals surface area contributed by atoms with Crippen molar-refractivity contribution >= 4 is 46.0 Å². The number of hydrogen-bond donors (Lipinski definition) is 2. The third-order valence-electron chi connectivity index (χ3n) is 3.10. The molecule has 0 unspecified atom stereocenters. The van der Waals surface area contributed by atoms with E-state index in [1.165, 1.54) is 41.5 Å². The lowest BCUT2D eigenvalue weighted by atomic mass is 10.1. The molecular formula is C11H12N2S3. The normalized spacial score (nSPS) is 16.0. The summed E-state index contributed by atoms with van der Waals surface area (Å²) in [6.45, 7) is 0. The van der Waals surface area contributed by atoms with E-state index in [1.807, 2.05) is 11.3 Å². The zero-order chi connectivity index (χ0) is 11.1. The fourth-order valence-corrected chi connectivity index (χ4v) is 4.40. The number of rotatable bonds is 0. The van der Waals surface area contributed by atoms with Gasteiger partial charge in [-0.3, -0.25) is 0 Å². The molecule has 0 fully saturated rings. The lowest BCUT2D eigenvalue weighted by Crippen LogP contribution is -1.87. The molecule has 0 aliphatic heterocycles. The summed E-state index contributed by atoms with van der Waals surface area (Å²) in [5.41, 5.74) is 1.46. The van der Waals surface area contributed by atoms with Gasteiger partial charge in [0.2, 0.25) is 0 Å².